The van der Waals surface area contributed by atoms with Crippen molar-refractivity contribution in [3.63, 3.8) is 0 Å². The van der Waals surface area contributed by atoms with Crippen LogP contribution in [0, 0.1) is 6.92 Å². The van der Waals surface area contributed by atoms with Gasteiger partial charge in [0, 0.05) is 14.9 Å². The summed E-state index contributed by atoms with van der Waals surface area (Å²) in [7, 11) is 0. The Morgan fingerprint density at radius 3 is 2.90 bits per heavy atom. The van der Waals surface area contributed by atoms with Gasteiger partial charge in [-0.15, -0.1) is 11.3 Å². The largest absolute Gasteiger partial charge is 0.472 e. The number of hydrogen-bond acceptors (Lipinski definition) is 4. The Kier molecular flexibility index (Phi) is 3.92. The number of fused-ring (bicyclic) bond motifs is 1. The molecule has 0 saturated heterocycles. The molecule has 3 aromatic rings. The van der Waals surface area contributed by atoms with Gasteiger partial charge in [0.2, 0.25) is 11.2 Å². The molecule has 3 rings (SSSR count). The molecule has 2 aromatic heterocycles. The standard InChI is InChI=1S/C14H10BrClN2OS/c1-8-6-10-12(17-14(16)18-13(10)20-8)19-7-9-4-2-3-5-11(9)15/h2-6H,7H2,1H3. The molecule has 6 heteroatoms. The minimum absolute atomic E-state index is 0.210. The van der Waals surface area contributed by atoms with Crippen molar-refractivity contribution < 1.29 is 4.74 Å². The van der Waals surface area contributed by atoms with Crippen LogP contribution in [0.1, 0.15) is 10.4 Å². The maximum Gasteiger partial charge on any atom is 0.227 e. The molecule has 0 saturated carbocycles. The molecule has 0 fully saturated rings. The Morgan fingerprint density at radius 1 is 1.30 bits per heavy atom. The molecule has 1 aromatic carbocycles. The first-order valence-corrected chi connectivity index (χ1v) is 7.92. The zero-order valence-corrected chi connectivity index (χ0v) is 13.7. The van der Waals surface area contributed by atoms with Crippen LogP contribution < -0.4 is 4.74 Å². The van der Waals surface area contributed by atoms with E-state index in [0.717, 1.165) is 25.1 Å². The summed E-state index contributed by atoms with van der Waals surface area (Å²) < 4.78 is 6.83. The second-order valence-corrected chi connectivity index (χ2v) is 6.68. The molecule has 0 unspecified atom stereocenters. The van der Waals surface area contributed by atoms with E-state index in [1.54, 1.807) is 11.3 Å². The second kappa shape index (κ2) is 5.68. The maximum absolute atomic E-state index is 5.94. The third kappa shape index (κ3) is 2.80. The van der Waals surface area contributed by atoms with E-state index in [1.807, 2.05) is 37.3 Å². The van der Waals surface area contributed by atoms with E-state index in [-0.39, 0.29) is 5.28 Å². The predicted molar refractivity (Wildman–Crippen MR) is 85.6 cm³/mol. The molecular weight excluding hydrogens is 360 g/mol. The molecule has 0 atom stereocenters. The summed E-state index contributed by atoms with van der Waals surface area (Å²) in [6, 6.07) is 9.95. The summed E-state index contributed by atoms with van der Waals surface area (Å²) in [6.07, 6.45) is 0. The highest BCUT2D eigenvalue weighted by molar-refractivity contribution is 9.10. The van der Waals surface area contributed by atoms with E-state index in [2.05, 4.69) is 25.9 Å². The number of nitrogens with zero attached hydrogens (tertiary/aromatic N) is 2. The van der Waals surface area contributed by atoms with Gasteiger partial charge in [-0.25, -0.2) is 4.98 Å². The normalized spacial score (nSPS) is 10.9. The molecule has 0 aliphatic heterocycles. The molecule has 102 valence electrons. The van der Waals surface area contributed by atoms with E-state index in [4.69, 9.17) is 16.3 Å². The molecule has 0 aliphatic rings. The van der Waals surface area contributed by atoms with Gasteiger partial charge in [0.05, 0.1) is 5.39 Å². The minimum atomic E-state index is 0.210. The Morgan fingerprint density at radius 2 is 2.10 bits per heavy atom. The highest BCUT2D eigenvalue weighted by Gasteiger charge is 2.11. The van der Waals surface area contributed by atoms with Crippen LogP contribution in [-0.4, -0.2) is 9.97 Å². The molecule has 0 amide bonds. The number of halogens is 2. The van der Waals surface area contributed by atoms with E-state index in [0.29, 0.717) is 12.5 Å². The summed E-state index contributed by atoms with van der Waals surface area (Å²) in [6.45, 7) is 2.45. The first-order valence-electron chi connectivity index (χ1n) is 5.93. The average molecular weight is 370 g/mol. The summed E-state index contributed by atoms with van der Waals surface area (Å²) in [5, 5.41) is 1.12. The van der Waals surface area contributed by atoms with Gasteiger partial charge in [-0.2, -0.15) is 4.98 Å². The predicted octanol–water partition coefficient (Wildman–Crippen LogP) is 4.99. The Balaban J connectivity index is 1.93. The maximum atomic E-state index is 5.94. The zero-order chi connectivity index (χ0) is 14.1. The van der Waals surface area contributed by atoms with Crippen molar-refractivity contribution >= 4 is 49.1 Å². The summed E-state index contributed by atoms with van der Waals surface area (Å²) in [5.41, 5.74) is 1.06. The van der Waals surface area contributed by atoms with Crippen LogP contribution in [0.25, 0.3) is 10.2 Å². The lowest BCUT2D eigenvalue weighted by Gasteiger charge is -2.08. The van der Waals surface area contributed by atoms with Crippen molar-refractivity contribution in [1.29, 1.82) is 0 Å². The molecule has 0 spiro atoms. The summed E-state index contributed by atoms with van der Waals surface area (Å²) in [4.78, 5) is 10.4. The highest BCUT2D eigenvalue weighted by atomic mass is 79.9. The highest BCUT2D eigenvalue weighted by Crippen LogP contribution is 2.31. The molecule has 20 heavy (non-hydrogen) atoms. The van der Waals surface area contributed by atoms with Crippen LogP contribution >= 0.6 is 38.9 Å². The number of benzene rings is 1. The van der Waals surface area contributed by atoms with Gasteiger partial charge in [0.25, 0.3) is 0 Å². The fraction of sp³-hybridized carbons (Fsp3) is 0.143. The lowest BCUT2D eigenvalue weighted by atomic mass is 10.2. The Bertz CT molecular complexity index is 775. The van der Waals surface area contributed by atoms with Crippen molar-refractivity contribution in [3.05, 3.63) is 50.5 Å². The van der Waals surface area contributed by atoms with Gasteiger partial charge in [0.1, 0.15) is 11.4 Å². The summed E-state index contributed by atoms with van der Waals surface area (Å²) in [5.74, 6) is 0.528. The van der Waals surface area contributed by atoms with Crippen LogP contribution in [-0.2, 0) is 6.61 Å². The van der Waals surface area contributed by atoms with Crippen LogP contribution in [0.3, 0.4) is 0 Å². The van der Waals surface area contributed by atoms with Gasteiger partial charge in [-0.05, 0) is 30.7 Å². The Hall–Kier alpha value is -1.17. The SMILES string of the molecule is Cc1cc2c(OCc3ccccc3Br)nc(Cl)nc2s1. The lowest BCUT2D eigenvalue weighted by Crippen LogP contribution is -1.99. The van der Waals surface area contributed by atoms with Gasteiger partial charge in [-0.1, -0.05) is 34.1 Å². The van der Waals surface area contributed by atoms with Gasteiger partial charge in [0.15, 0.2) is 0 Å². The topological polar surface area (TPSA) is 35.0 Å². The molecule has 3 nitrogen and oxygen atoms in total. The van der Waals surface area contributed by atoms with Crippen molar-refractivity contribution in [1.82, 2.24) is 9.97 Å². The minimum Gasteiger partial charge on any atom is -0.472 e. The van der Waals surface area contributed by atoms with Gasteiger partial charge in [-0.3, -0.25) is 0 Å². The molecule has 0 bridgehead atoms. The fourth-order valence-electron chi connectivity index (χ4n) is 1.86. The molecule has 0 aliphatic carbocycles. The lowest BCUT2D eigenvalue weighted by molar-refractivity contribution is 0.297. The molecular formula is C14H10BrClN2OS. The third-order valence-electron chi connectivity index (χ3n) is 2.78. The van der Waals surface area contributed by atoms with Crippen molar-refractivity contribution in [2.24, 2.45) is 0 Å². The number of hydrogen-bond donors (Lipinski definition) is 0. The number of rotatable bonds is 3. The molecule has 2 heterocycles. The van der Waals surface area contributed by atoms with Crippen molar-refractivity contribution in [3.8, 4) is 5.88 Å². The fourth-order valence-corrected chi connectivity index (χ4v) is 3.34. The average Bonchev–Trinajstić information content (AvgIpc) is 2.77. The van der Waals surface area contributed by atoms with Gasteiger partial charge >= 0.3 is 0 Å². The van der Waals surface area contributed by atoms with Crippen LogP contribution in [0.5, 0.6) is 5.88 Å². The zero-order valence-electron chi connectivity index (χ0n) is 10.6. The monoisotopic (exact) mass is 368 g/mol. The van der Waals surface area contributed by atoms with E-state index >= 15 is 0 Å². The van der Waals surface area contributed by atoms with Gasteiger partial charge < -0.3 is 4.74 Å². The number of aryl methyl sites for hydroxylation is 1. The number of thiophene rings is 1. The third-order valence-corrected chi connectivity index (χ3v) is 4.66. The quantitative estimate of drug-likeness (QED) is 0.610. The molecule has 0 radical (unpaired) electrons. The smallest absolute Gasteiger partial charge is 0.227 e. The second-order valence-electron chi connectivity index (χ2n) is 4.25. The van der Waals surface area contributed by atoms with Crippen molar-refractivity contribution in [2.75, 3.05) is 0 Å². The first-order chi connectivity index (χ1) is 9.63. The van der Waals surface area contributed by atoms with E-state index in [9.17, 15) is 0 Å². The van der Waals surface area contributed by atoms with Crippen LogP contribution in [0.15, 0.2) is 34.8 Å². The van der Waals surface area contributed by atoms with Crippen molar-refractivity contribution in [2.45, 2.75) is 13.5 Å². The molecule has 0 N–H and O–H groups in total. The van der Waals surface area contributed by atoms with Crippen LogP contribution in [0.4, 0.5) is 0 Å². The van der Waals surface area contributed by atoms with E-state index < -0.39 is 0 Å². The first kappa shape index (κ1) is 13.8. The number of aromatic nitrogens is 2. The Labute approximate surface area is 133 Å². The van der Waals surface area contributed by atoms with Crippen LogP contribution in [0.2, 0.25) is 5.28 Å². The van der Waals surface area contributed by atoms with E-state index in [1.165, 1.54) is 0 Å². The summed E-state index contributed by atoms with van der Waals surface area (Å²) >= 11 is 11.0. The number of ether oxygens (including phenoxy) is 1.